The van der Waals surface area contributed by atoms with Crippen molar-refractivity contribution in [3.63, 3.8) is 0 Å². The molecule has 124 valence electrons. The largest absolute Gasteiger partial charge is 0.321 e. The van der Waals surface area contributed by atoms with Crippen LogP contribution in [-0.2, 0) is 0 Å². The van der Waals surface area contributed by atoms with Crippen LogP contribution >= 0.6 is 31.9 Å². The minimum Gasteiger partial charge on any atom is -0.321 e. The number of halogens is 6. The zero-order valence-corrected chi connectivity index (χ0v) is 15.1. The summed E-state index contributed by atoms with van der Waals surface area (Å²) in [5.74, 6) is -7.68. The lowest BCUT2D eigenvalue weighted by atomic mass is 9.88. The van der Waals surface area contributed by atoms with E-state index in [1.807, 2.05) is 0 Å². The summed E-state index contributed by atoms with van der Waals surface area (Å²) < 4.78 is 55.3. The zero-order chi connectivity index (χ0) is 17.3. The fraction of sp³-hybridized carbons (Fsp3) is 0.462. The van der Waals surface area contributed by atoms with Gasteiger partial charge in [-0.2, -0.15) is 0 Å². The van der Waals surface area contributed by atoms with Crippen LogP contribution in [0.25, 0.3) is 0 Å². The molecule has 0 unspecified atom stereocenters. The quantitative estimate of drug-likeness (QED) is 0.593. The summed E-state index contributed by atoms with van der Waals surface area (Å²) in [6, 6.07) is 3.70. The highest BCUT2D eigenvalue weighted by Crippen LogP contribution is 2.40. The van der Waals surface area contributed by atoms with Gasteiger partial charge in [-0.15, -0.1) is 0 Å². The number of hydrogen-bond acceptors (Lipinski definition) is 1. The molecule has 0 spiro atoms. The third-order valence-electron chi connectivity index (χ3n) is 3.32. The molecule has 0 atom stereocenters. The van der Waals surface area contributed by atoms with Gasteiger partial charge in [-0.1, -0.05) is 6.07 Å². The predicted octanol–water partition coefficient (Wildman–Crippen LogP) is 5.40. The monoisotopic (exact) mass is 448 g/mol. The van der Waals surface area contributed by atoms with Crippen LogP contribution in [0.1, 0.15) is 20.8 Å². The van der Waals surface area contributed by atoms with Gasteiger partial charge in [0.15, 0.2) is 5.54 Å². The van der Waals surface area contributed by atoms with Crippen LogP contribution < -0.4 is 10.6 Å². The summed E-state index contributed by atoms with van der Waals surface area (Å²) in [6.07, 6.45) is 0. The summed E-state index contributed by atoms with van der Waals surface area (Å²) in [4.78, 5) is 11.9. The molecular formula is C13H14Br2F4N2O. The topological polar surface area (TPSA) is 41.1 Å². The molecular weight excluding hydrogens is 436 g/mol. The fourth-order valence-electron chi connectivity index (χ4n) is 1.59. The van der Waals surface area contributed by atoms with Gasteiger partial charge in [-0.05, 0) is 50.9 Å². The molecule has 1 aromatic carbocycles. The van der Waals surface area contributed by atoms with Crippen molar-refractivity contribution in [3.05, 3.63) is 27.1 Å². The molecule has 0 aliphatic heterocycles. The zero-order valence-electron chi connectivity index (χ0n) is 11.9. The molecule has 0 aromatic heterocycles. The number of hydrogen-bond donors (Lipinski definition) is 2. The third-order valence-corrected chi connectivity index (χ3v) is 4.64. The molecule has 1 aromatic rings. The van der Waals surface area contributed by atoms with Gasteiger partial charge in [0.25, 0.3) is 11.8 Å². The molecule has 0 aliphatic carbocycles. The maximum absolute atomic E-state index is 13.6. The van der Waals surface area contributed by atoms with Crippen molar-refractivity contribution in [2.75, 3.05) is 5.32 Å². The summed E-state index contributed by atoms with van der Waals surface area (Å²) in [5, 5.41) is 3.95. The Morgan fingerprint density at radius 3 is 1.77 bits per heavy atom. The smallest absolute Gasteiger partial charge is 0.320 e. The van der Waals surface area contributed by atoms with Gasteiger partial charge in [-0.25, -0.2) is 22.4 Å². The third kappa shape index (κ3) is 3.92. The van der Waals surface area contributed by atoms with Crippen molar-refractivity contribution in [1.29, 1.82) is 0 Å². The lowest BCUT2D eigenvalue weighted by molar-refractivity contribution is -0.173. The van der Waals surface area contributed by atoms with Crippen LogP contribution in [0.5, 0.6) is 0 Å². The highest BCUT2D eigenvalue weighted by atomic mass is 79.9. The second kappa shape index (κ2) is 6.35. The van der Waals surface area contributed by atoms with E-state index in [9.17, 15) is 22.4 Å². The second-order valence-corrected chi connectivity index (χ2v) is 6.79. The first kappa shape index (κ1) is 19.2. The van der Waals surface area contributed by atoms with E-state index in [1.165, 1.54) is 0 Å². The van der Waals surface area contributed by atoms with E-state index in [0.717, 1.165) is 0 Å². The van der Waals surface area contributed by atoms with Gasteiger partial charge in [-0.3, -0.25) is 0 Å². The minimum atomic E-state index is -3.84. The molecule has 0 heterocycles. The lowest BCUT2D eigenvalue weighted by Crippen LogP contribution is -2.67. The number of benzene rings is 1. The van der Waals surface area contributed by atoms with Gasteiger partial charge in [0.2, 0.25) is 0 Å². The van der Waals surface area contributed by atoms with E-state index in [0.29, 0.717) is 29.7 Å². The van der Waals surface area contributed by atoms with Gasteiger partial charge in [0.1, 0.15) is 0 Å². The normalized spacial score (nSPS) is 13.0. The average molecular weight is 450 g/mol. The first-order chi connectivity index (χ1) is 9.79. The first-order valence-corrected chi connectivity index (χ1v) is 7.67. The number of alkyl halides is 4. The molecule has 2 amide bonds. The predicted molar refractivity (Wildman–Crippen MR) is 83.6 cm³/mol. The molecule has 0 saturated heterocycles. The van der Waals surface area contributed by atoms with Crippen molar-refractivity contribution in [3.8, 4) is 0 Å². The Balaban J connectivity index is 3.04. The Morgan fingerprint density at radius 2 is 1.41 bits per heavy atom. The summed E-state index contributed by atoms with van der Waals surface area (Å²) in [7, 11) is 0. The molecule has 9 heteroatoms. The lowest BCUT2D eigenvalue weighted by Gasteiger charge is -2.40. The number of amides is 2. The van der Waals surface area contributed by atoms with E-state index in [-0.39, 0.29) is 5.69 Å². The number of para-hydroxylation sites is 1. The fourth-order valence-corrected chi connectivity index (χ4v) is 2.79. The van der Waals surface area contributed by atoms with Crippen LogP contribution in [0.4, 0.5) is 28.0 Å². The molecule has 1 rings (SSSR count). The number of nitrogens with one attached hydrogen (secondary N) is 2. The van der Waals surface area contributed by atoms with E-state index < -0.39 is 23.4 Å². The molecule has 2 N–H and O–H groups in total. The maximum atomic E-state index is 13.6. The maximum Gasteiger partial charge on any atom is 0.320 e. The van der Waals surface area contributed by atoms with Crippen molar-refractivity contribution >= 4 is 43.6 Å². The molecule has 0 saturated carbocycles. The number of rotatable bonds is 4. The van der Waals surface area contributed by atoms with Crippen molar-refractivity contribution in [2.45, 2.75) is 38.2 Å². The van der Waals surface area contributed by atoms with Crippen molar-refractivity contribution < 1.29 is 22.4 Å². The molecule has 3 nitrogen and oxygen atoms in total. The van der Waals surface area contributed by atoms with E-state index >= 15 is 0 Å². The Labute approximate surface area is 142 Å². The number of urea groups is 1. The van der Waals surface area contributed by atoms with Crippen LogP contribution in [0.3, 0.4) is 0 Å². The SMILES string of the molecule is CC(F)(F)C(C)(NC(=O)Nc1c(Br)cccc1Br)C(C)(F)F. The molecule has 0 aliphatic rings. The standard InChI is InChI=1S/C13H14Br2F4N2O/c1-11(12(2,16)17,13(3,18)19)21-10(22)20-9-7(14)5-4-6-8(9)15/h4-6H,1-3H3,(H2,20,21,22). The van der Waals surface area contributed by atoms with Gasteiger partial charge in [0, 0.05) is 22.8 Å². The Hall–Kier alpha value is -0.830. The summed E-state index contributed by atoms with van der Waals surface area (Å²) in [6.45, 7) is 1.26. The molecule has 0 fully saturated rings. The Kier molecular flexibility index (Phi) is 5.55. The first-order valence-electron chi connectivity index (χ1n) is 6.08. The van der Waals surface area contributed by atoms with Crippen molar-refractivity contribution in [2.24, 2.45) is 0 Å². The Bertz CT molecular complexity index is 536. The van der Waals surface area contributed by atoms with E-state index in [2.05, 4.69) is 37.2 Å². The number of carbonyl (C=O) groups is 1. The van der Waals surface area contributed by atoms with E-state index in [4.69, 9.17) is 0 Å². The highest BCUT2D eigenvalue weighted by Gasteiger charge is 2.61. The van der Waals surface area contributed by atoms with Crippen molar-refractivity contribution in [1.82, 2.24) is 5.32 Å². The number of anilines is 1. The van der Waals surface area contributed by atoms with Crippen LogP contribution in [0.15, 0.2) is 27.1 Å². The minimum absolute atomic E-state index is 0.237. The van der Waals surface area contributed by atoms with Gasteiger partial charge < -0.3 is 10.6 Å². The molecule has 22 heavy (non-hydrogen) atoms. The molecule has 0 radical (unpaired) electrons. The van der Waals surface area contributed by atoms with E-state index in [1.54, 1.807) is 23.5 Å². The average Bonchev–Trinajstić information content (AvgIpc) is 2.31. The van der Waals surface area contributed by atoms with Gasteiger partial charge in [0.05, 0.1) is 5.69 Å². The Morgan fingerprint density at radius 1 is 1.00 bits per heavy atom. The second-order valence-electron chi connectivity index (χ2n) is 5.08. The highest BCUT2D eigenvalue weighted by molar-refractivity contribution is 9.11. The van der Waals surface area contributed by atoms with Crippen LogP contribution in [0, 0.1) is 0 Å². The van der Waals surface area contributed by atoms with Crippen LogP contribution in [-0.4, -0.2) is 23.4 Å². The molecule has 0 bridgehead atoms. The summed E-state index contributed by atoms with van der Waals surface area (Å²) >= 11 is 6.33. The summed E-state index contributed by atoms with van der Waals surface area (Å²) in [5.41, 5.74) is -2.81. The van der Waals surface area contributed by atoms with Gasteiger partial charge >= 0.3 is 6.03 Å². The van der Waals surface area contributed by atoms with Crippen LogP contribution in [0.2, 0.25) is 0 Å². The number of carbonyl (C=O) groups excluding carboxylic acids is 1.